The lowest BCUT2D eigenvalue weighted by atomic mass is 9.90. The highest BCUT2D eigenvalue weighted by molar-refractivity contribution is 5.93. The normalized spacial score (nSPS) is 15.2. The van der Waals surface area contributed by atoms with Gasteiger partial charge in [0.15, 0.2) is 11.2 Å². The minimum Gasteiger partial charge on any atom is -0.451 e. The predicted molar refractivity (Wildman–Crippen MR) is 106 cm³/mol. The summed E-state index contributed by atoms with van der Waals surface area (Å²) in [5, 5.41) is 0.521. The van der Waals surface area contributed by atoms with Crippen molar-refractivity contribution in [3.05, 3.63) is 81.7 Å². The van der Waals surface area contributed by atoms with Gasteiger partial charge in [-0.25, -0.2) is 0 Å². The first-order valence-corrected chi connectivity index (χ1v) is 9.48. The summed E-state index contributed by atoms with van der Waals surface area (Å²) in [6, 6.07) is 17.2. The van der Waals surface area contributed by atoms with Gasteiger partial charge in [0.2, 0.25) is 0 Å². The first kappa shape index (κ1) is 17.5. The van der Waals surface area contributed by atoms with Crippen LogP contribution in [0.2, 0.25) is 0 Å². The summed E-state index contributed by atoms with van der Waals surface area (Å²) in [7, 11) is 0. The maximum atomic E-state index is 12.8. The molecule has 2 heterocycles. The Morgan fingerprint density at radius 1 is 1.07 bits per heavy atom. The highest BCUT2D eigenvalue weighted by atomic mass is 16.3. The van der Waals surface area contributed by atoms with Gasteiger partial charge in [0.1, 0.15) is 5.58 Å². The van der Waals surface area contributed by atoms with Gasteiger partial charge in [-0.05, 0) is 49.8 Å². The second-order valence-corrected chi connectivity index (χ2v) is 7.40. The van der Waals surface area contributed by atoms with Crippen molar-refractivity contribution in [2.24, 2.45) is 5.92 Å². The molecule has 0 N–H and O–H groups in total. The van der Waals surface area contributed by atoms with E-state index in [1.807, 2.05) is 19.1 Å². The Morgan fingerprint density at radius 3 is 2.56 bits per heavy atom. The molecule has 0 aliphatic carbocycles. The van der Waals surface area contributed by atoms with Crippen molar-refractivity contribution in [1.82, 2.24) is 4.90 Å². The van der Waals surface area contributed by atoms with E-state index in [9.17, 15) is 9.59 Å². The summed E-state index contributed by atoms with van der Waals surface area (Å²) in [6.45, 7) is 3.33. The summed E-state index contributed by atoms with van der Waals surface area (Å²) in [6.07, 6.45) is 2.99. The van der Waals surface area contributed by atoms with Crippen molar-refractivity contribution in [3.63, 3.8) is 0 Å². The third kappa shape index (κ3) is 3.80. The second-order valence-electron chi connectivity index (χ2n) is 7.40. The molecule has 1 amide bonds. The van der Waals surface area contributed by atoms with Gasteiger partial charge in [0.05, 0.1) is 5.39 Å². The molecule has 1 aliphatic heterocycles. The maximum absolute atomic E-state index is 12.8. The number of piperidine rings is 1. The molecule has 138 valence electrons. The average molecular weight is 361 g/mol. The first-order chi connectivity index (χ1) is 13.1. The molecule has 3 aromatic rings. The number of rotatable bonds is 3. The van der Waals surface area contributed by atoms with Gasteiger partial charge < -0.3 is 9.32 Å². The molecule has 1 saturated heterocycles. The Morgan fingerprint density at radius 2 is 1.81 bits per heavy atom. The van der Waals surface area contributed by atoms with E-state index in [4.69, 9.17) is 4.42 Å². The fraction of sp³-hybridized carbons (Fsp3) is 0.304. The van der Waals surface area contributed by atoms with Crippen LogP contribution >= 0.6 is 0 Å². The molecule has 4 heteroatoms. The lowest BCUT2D eigenvalue weighted by molar-refractivity contribution is 0.0659. The molecular formula is C23H23NO3. The number of fused-ring (bicyclic) bond motifs is 1. The molecule has 0 bridgehead atoms. The second kappa shape index (κ2) is 7.39. The minimum absolute atomic E-state index is 0.137. The Bertz CT molecular complexity index is 1010. The van der Waals surface area contributed by atoms with Crippen molar-refractivity contribution >= 4 is 16.9 Å². The largest absolute Gasteiger partial charge is 0.451 e. The SMILES string of the molecule is Cc1ccc2oc(C(=O)N3CCC(Cc4ccccc4)CC3)cc(=O)c2c1. The van der Waals surface area contributed by atoms with E-state index in [1.54, 1.807) is 17.0 Å². The van der Waals surface area contributed by atoms with Crippen LogP contribution in [-0.2, 0) is 6.42 Å². The molecule has 4 rings (SSSR count). The van der Waals surface area contributed by atoms with Crippen molar-refractivity contribution < 1.29 is 9.21 Å². The molecule has 1 aliphatic rings. The van der Waals surface area contributed by atoms with Crippen LogP contribution in [0.1, 0.15) is 34.5 Å². The van der Waals surface area contributed by atoms with E-state index in [-0.39, 0.29) is 17.1 Å². The Kier molecular flexibility index (Phi) is 4.80. The highest BCUT2D eigenvalue weighted by Crippen LogP contribution is 2.23. The molecule has 0 atom stereocenters. The van der Waals surface area contributed by atoms with Gasteiger partial charge >= 0.3 is 0 Å². The third-order valence-corrected chi connectivity index (χ3v) is 5.36. The Labute approximate surface area is 158 Å². The van der Waals surface area contributed by atoms with Crippen LogP contribution in [0, 0.1) is 12.8 Å². The molecular weight excluding hydrogens is 338 g/mol. The number of hydrogen-bond acceptors (Lipinski definition) is 3. The van der Waals surface area contributed by atoms with Gasteiger partial charge in [-0.3, -0.25) is 9.59 Å². The average Bonchev–Trinajstić information content (AvgIpc) is 2.69. The molecule has 0 radical (unpaired) electrons. The summed E-state index contributed by atoms with van der Waals surface area (Å²) in [4.78, 5) is 27.0. The molecule has 0 unspecified atom stereocenters. The van der Waals surface area contributed by atoms with Crippen LogP contribution in [0.25, 0.3) is 11.0 Å². The Balaban J connectivity index is 1.46. The van der Waals surface area contributed by atoms with Gasteiger partial charge in [-0.2, -0.15) is 0 Å². The number of carbonyl (C=O) groups excluding carboxylic acids is 1. The Hall–Kier alpha value is -2.88. The number of aryl methyl sites for hydroxylation is 1. The standard InChI is InChI=1S/C23H23NO3/c1-16-7-8-21-19(13-16)20(25)15-22(27-21)23(26)24-11-9-18(10-12-24)14-17-5-3-2-4-6-17/h2-8,13,15,18H,9-12,14H2,1H3. The van der Waals surface area contributed by atoms with Crippen molar-refractivity contribution in [2.75, 3.05) is 13.1 Å². The van der Waals surface area contributed by atoms with Crippen LogP contribution in [0.3, 0.4) is 0 Å². The molecule has 0 spiro atoms. The molecule has 0 saturated carbocycles. The third-order valence-electron chi connectivity index (χ3n) is 5.36. The first-order valence-electron chi connectivity index (χ1n) is 9.48. The van der Waals surface area contributed by atoms with E-state index in [0.717, 1.165) is 24.8 Å². The van der Waals surface area contributed by atoms with E-state index in [0.29, 0.717) is 30.0 Å². The lowest BCUT2D eigenvalue weighted by Crippen LogP contribution is -2.39. The molecule has 2 aromatic carbocycles. The fourth-order valence-electron chi connectivity index (χ4n) is 3.82. The lowest BCUT2D eigenvalue weighted by Gasteiger charge is -2.31. The molecule has 1 fully saturated rings. The van der Waals surface area contributed by atoms with E-state index in [2.05, 4.69) is 24.3 Å². The maximum Gasteiger partial charge on any atom is 0.289 e. The fourth-order valence-corrected chi connectivity index (χ4v) is 3.82. The highest BCUT2D eigenvalue weighted by Gasteiger charge is 2.25. The van der Waals surface area contributed by atoms with Crippen molar-refractivity contribution in [1.29, 1.82) is 0 Å². The molecule has 4 nitrogen and oxygen atoms in total. The number of amides is 1. The zero-order chi connectivity index (χ0) is 18.8. The number of benzene rings is 2. The summed E-state index contributed by atoms with van der Waals surface area (Å²) in [5.41, 5.74) is 2.64. The van der Waals surface area contributed by atoms with Gasteiger partial charge in [-0.15, -0.1) is 0 Å². The molecule has 1 aromatic heterocycles. The van der Waals surface area contributed by atoms with E-state index in [1.165, 1.54) is 11.6 Å². The van der Waals surface area contributed by atoms with Crippen LogP contribution in [-0.4, -0.2) is 23.9 Å². The zero-order valence-corrected chi connectivity index (χ0v) is 15.5. The van der Waals surface area contributed by atoms with Crippen molar-refractivity contribution in [2.45, 2.75) is 26.2 Å². The number of nitrogens with zero attached hydrogens (tertiary/aromatic N) is 1. The monoisotopic (exact) mass is 361 g/mol. The molecule has 27 heavy (non-hydrogen) atoms. The summed E-state index contributed by atoms with van der Waals surface area (Å²) in [5.74, 6) is 0.536. The topological polar surface area (TPSA) is 50.5 Å². The predicted octanol–water partition coefficient (Wildman–Crippen LogP) is 4.20. The van der Waals surface area contributed by atoms with E-state index >= 15 is 0 Å². The van der Waals surface area contributed by atoms with Gasteiger partial charge in [-0.1, -0.05) is 42.0 Å². The minimum atomic E-state index is -0.187. The van der Waals surface area contributed by atoms with Crippen LogP contribution in [0.4, 0.5) is 0 Å². The van der Waals surface area contributed by atoms with Gasteiger partial charge in [0, 0.05) is 19.2 Å². The number of carbonyl (C=O) groups is 1. The smallest absolute Gasteiger partial charge is 0.289 e. The zero-order valence-electron chi connectivity index (χ0n) is 15.5. The van der Waals surface area contributed by atoms with Crippen LogP contribution in [0.15, 0.2) is 63.8 Å². The quantitative estimate of drug-likeness (QED) is 0.703. The summed E-state index contributed by atoms with van der Waals surface area (Å²) < 4.78 is 5.74. The van der Waals surface area contributed by atoms with Crippen LogP contribution < -0.4 is 5.43 Å². The van der Waals surface area contributed by atoms with Crippen LogP contribution in [0.5, 0.6) is 0 Å². The van der Waals surface area contributed by atoms with E-state index < -0.39 is 0 Å². The number of hydrogen-bond donors (Lipinski definition) is 0. The summed E-state index contributed by atoms with van der Waals surface area (Å²) >= 11 is 0. The number of likely N-dealkylation sites (tertiary alicyclic amines) is 1. The van der Waals surface area contributed by atoms with Gasteiger partial charge in [0.25, 0.3) is 5.91 Å². The van der Waals surface area contributed by atoms with Crippen molar-refractivity contribution in [3.8, 4) is 0 Å².